The van der Waals surface area contributed by atoms with Gasteiger partial charge in [-0.05, 0) is 39.1 Å². The number of hydrogen-bond donors (Lipinski definition) is 0. The zero-order valence-corrected chi connectivity index (χ0v) is 14.9. The predicted molar refractivity (Wildman–Crippen MR) is 94.9 cm³/mol. The van der Waals surface area contributed by atoms with Crippen molar-refractivity contribution in [1.82, 2.24) is 24.6 Å². The Hall–Kier alpha value is -1.95. The molecule has 1 aliphatic rings. The van der Waals surface area contributed by atoms with Gasteiger partial charge in [0.2, 0.25) is 5.91 Å². The average molecular weight is 329 g/mol. The van der Waals surface area contributed by atoms with Gasteiger partial charge < -0.3 is 9.80 Å². The highest BCUT2D eigenvalue weighted by atomic mass is 16.2. The average Bonchev–Trinajstić information content (AvgIpc) is 3.18. The van der Waals surface area contributed by atoms with Crippen LogP contribution in [0.15, 0.2) is 18.3 Å². The molecule has 3 heterocycles. The molecule has 0 saturated carbocycles. The van der Waals surface area contributed by atoms with Crippen molar-refractivity contribution >= 4 is 16.9 Å². The number of likely N-dealkylation sites (tertiary alicyclic amines) is 1. The molecule has 0 N–H and O–H groups in total. The van der Waals surface area contributed by atoms with Gasteiger partial charge in [0, 0.05) is 43.6 Å². The van der Waals surface area contributed by atoms with E-state index in [0.29, 0.717) is 12.3 Å². The molecule has 0 radical (unpaired) electrons. The van der Waals surface area contributed by atoms with E-state index < -0.39 is 0 Å². The second-order valence-electron chi connectivity index (χ2n) is 6.86. The molecule has 1 fully saturated rings. The Morgan fingerprint density at radius 2 is 2.25 bits per heavy atom. The van der Waals surface area contributed by atoms with E-state index in [0.717, 1.165) is 55.7 Å². The molecule has 0 aromatic carbocycles. The molecule has 24 heavy (non-hydrogen) atoms. The lowest BCUT2D eigenvalue weighted by Crippen LogP contribution is -2.28. The van der Waals surface area contributed by atoms with E-state index in [-0.39, 0.29) is 5.91 Å². The number of nitrogens with zero attached hydrogens (tertiary/aromatic N) is 5. The molecule has 6 heteroatoms. The third-order valence-electron chi connectivity index (χ3n) is 4.69. The normalized spacial score (nSPS) is 18.0. The summed E-state index contributed by atoms with van der Waals surface area (Å²) in [6, 6.07) is 4.08. The maximum atomic E-state index is 12.2. The van der Waals surface area contributed by atoms with Gasteiger partial charge in [-0.15, -0.1) is 0 Å². The summed E-state index contributed by atoms with van der Waals surface area (Å²) in [4.78, 5) is 20.8. The van der Waals surface area contributed by atoms with E-state index >= 15 is 0 Å². The number of carbonyl (C=O) groups excluding carboxylic acids is 1. The van der Waals surface area contributed by atoms with E-state index in [1.165, 1.54) is 0 Å². The minimum Gasteiger partial charge on any atom is -0.342 e. The Labute approximate surface area is 143 Å². The summed E-state index contributed by atoms with van der Waals surface area (Å²) in [6.45, 7) is 5.44. The highest BCUT2D eigenvalue weighted by Crippen LogP contribution is 2.31. The number of likely N-dealkylation sites (N-methyl/N-ethyl adjacent to an activating group) is 1. The first-order valence-electron chi connectivity index (χ1n) is 8.84. The molecule has 0 aliphatic carbocycles. The zero-order chi connectivity index (χ0) is 17.1. The number of hydrogen-bond acceptors (Lipinski definition) is 4. The molecule has 130 valence electrons. The summed E-state index contributed by atoms with van der Waals surface area (Å²) < 4.78 is 2.02. The second kappa shape index (κ2) is 7.30. The molecule has 0 bridgehead atoms. The van der Waals surface area contributed by atoms with Gasteiger partial charge in [-0.2, -0.15) is 5.10 Å². The van der Waals surface area contributed by atoms with Crippen molar-refractivity contribution in [1.29, 1.82) is 0 Å². The Morgan fingerprint density at radius 1 is 1.42 bits per heavy atom. The van der Waals surface area contributed by atoms with Crippen molar-refractivity contribution in [2.45, 2.75) is 38.6 Å². The van der Waals surface area contributed by atoms with E-state index in [1.807, 2.05) is 21.8 Å². The van der Waals surface area contributed by atoms with Gasteiger partial charge in [-0.1, -0.05) is 6.92 Å². The minimum absolute atomic E-state index is 0.273. The molecular weight excluding hydrogens is 302 g/mol. The molecule has 3 rings (SSSR count). The van der Waals surface area contributed by atoms with Crippen molar-refractivity contribution in [3.05, 3.63) is 24.0 Å². The van der Waals surface area contributed by atoms with Crippen LogP contribution < -0.4 is 0 Å². The van der Waals surface area contributed by atoms with Crippen LogP contribution in [0.5, 0.6) is 0 Å². The third-order valence-corrected chi connectivity index (χ3v) is 4.69. The molecule has 1 atom stereocenters. The molecule has 1 amide bonds. The van der Waals surface area contributed by atoms with Crippen molar-refractivity contribution in [3.63, 3.8) is 0 Å². The van der Waals surface area contributed by atoms with Crippen LogP contribution in [0, 0.1) is 0 Å². The lowest BCUT2D eigenvalue weighted by Gasteiger charge is -2.15. The summed E-state index contributed by atoms with van der Waals surface area (Å²) in [5, 5.41) is 6.00. The third kappa shape index (κ3) is 3.43. The zero-order valence-electron chi connectivity index (χ0n) is 14.9. The monoisotopic (exact) mass is 329 g/mol. The highest BCUT2D eigenvalue weighted by Gasteiger charge is 2.30. The van der Waals surface area contributed by atoms with E-state index in [1.54, 1.807) is 0 Å². The standard InChI is InChI=1S/C18H27N5O/c1-4-6-16(24)22-10-8-14(13-22)17-15-7-5-9-19-18(15)23(20-17)12-11-21(2)3/h5,7,9,14H,4,6,8,10-13H2,1-3H3. The summed E-state index contributed by atoms with van der Waals surface area (Å²) in [7, 11) is 4.13. The van der Waals surface area contributed by atoms with Crippen molar-refractivity contribution in [2.75, 3.05) is 33.7 Å². The van der Waals surface area contributed by atoms with E-state index in [9.17, 15) is 4.79 Å². The topological polar surface area (TPSA) is 54.3 Å². The summed E-state index contributed by atoms with van der Waals surface area (Å²) in [6.07, 6.45) is 4.37. The Kier molecular flexibility index (Phi) is 5.14. The van der Waals surface area contributed by atoms with Crippen LogP contribution in [0.25, 0.3) is 11.0 Å². The van der Waals surface area contributed by atoms with Crippen molar-refractivity contribution in [2.24, 2.45) is 0 Å². The van der Waals surface area contributed by atoms with Crippen molar-refractivity contribution in [3.8, 4) is 0 Å². The lowest BCUT2D eigenvalue weighted by molar-refractivity contribution is -0.130. The SMILES string of the molecule is CCCC(=O)N1CCC(c2nn(CCN(C)C)c3ncccc23)C1. The van der Waals surface area contributed by atoms with Crippen LogP contribution in [0.3, 0.4) is 0 Å². The first-order chi connectivity index (χ1) is 11.6. The number of rotatable bonds is 6. The first-order valence-corrected chi connectivity index (χ1v) is 8.84. The van der Waals surface area contributed by atoms with Crippen molar-refractivity contribution < 1.29 is 4.79 Å². The maximum absolute atomic E-state index is 12.2. The molecule has 1 aliphatic heterocycles. The van der Waals surface area contributed by atoms with Crippen LogP contribution in [0.4, 0.5) is 0 Å². The molecule has 1 unspecified atom stereocenters. The molecule has 1 saturated heterocycles. The van der Waals surface area contributed by atoms with Gasteiger partial charge in [0.15, 0.2) is 5.65 Å². The fourth-order valence-electron chi connectivity index (χ4n) is 3.37. The largest absolute Gasteiger partial charge is 0.342 e. The summed E-state index contributed by atoms with van der Waals surface area (Å²) >= 11 is 0. The fourth-order valence-corrected chi connectivity index (χ4v) is 3.37. The fraction of sp³-hybridized carbons (Fsp3) is 0.611. The van der Waals surface area contributed by atoms with Crippen LogP contribution in [-0.4, -0.2) is 64.2 Å². The second-order valence-corrected chi connectivity index (χ2v) is 6.86. The molecule has 2 aromatic heterocycles. The van der Waals surface area contributed by atoms with Gasteiger partial charge >= 0.3 is 0 Å². The summed E-state index contributed by atoms with van der Waals surface area (Å²) in [5.41, 5.74) is 2.05. The maximum Gasteiger partial charge on any atom is 0.222 e. The van der Waals surface area contributed by atoms with Crippen LogP contribution in [0.1, 0.15) is 37.8 Å². The number of pyridine rings is 1. The van der Waals surface area contributed by atoms with Crippen LogP contribution >= 0.6 is 0 Å². The minimum atomic E-state index is 0.273. The van der Waals surface area contributed by atoms with E-state index in [2.05, 4.69) is 37.0 Å². The Morgan fingerprint density at radius 3 is 3.00 bits per heavy atom. The summed E-state index contributed by atoms with van der Waals surface area (Å²) in [5.74, 6) is 0.590. The van der Waals surface area contributed by atoms with Gasteiger partial charge in [-0.3, -0.25) is 4.79 Å². The Balaban J connectivity index is 1.83. The smallest absolute Gasteiger partial charge is 0.222 e. The first kappa shape index (κ1) is 16.9. The highest BCUT2D eigenvalue weighted by molar-refractivity contribution is 5.80. The number of carbonyl (C=O) groups is 1. The van der Waals surface area contributed by atoms with Gasteiger partial charge in [0.05, 0.1) is 12.2 Å². The Bertz CT molecular complexity index is 708. The predicted octanol–water partition coefficient (Wildman–Crippen LogP) is 2.11. The quantitative estimate of drug-likeness (QED) is 0.814. The van der Waals surface area contributed by atoms with E-state index in [4.69, 9.17) is 5.10 Å². The van der Waals surface area contributed by atoms with Gasteiger partial charge in [0.1, 0.15) is 0 Å². The van der Waals surface area contributed by atoms with Gasteiger partial charge in [-0.25, -0.2) is 9.67 Å². The van der Waals surface area contributed by atoms with Gasteiger partial charge in [0.25, 0.3) is 0 Å². The number of amides is 1. The lowest BCUT2D eigenvalue weighted by atomic mass is 10.0. The van der Waals surface area contributed by atoms with Crippen LogP contribution in [0.2, 0.25) is 0 Å². The molecule has 6 nitrogen and oxygen atoms in total. The molecule has 2 aromatic rings. The molecular formula is C18H27N5O. The molecule has 0 spiro atoms. The number of aromatic nitrogens is 3. The number of fused-ring (bicyclic) bond motifs is 1. The van der Waals surface area contributed by atoms with Crippen LogP contribution in [-0.2, 0) is 11.3 Å².